The summed E-state index contributed by atoms with van der Waals surface area (Å²) in [5, 5.41) is 12.8. The molecule has 2 rings (SSSR count). The fourth-order valence-electron chi connectivity index (χ4n) is 2.13. The molecule has 0 heterocycles. The van der Waals surface area contributed by atoms with E-state index >= 15 is 0 Å². The molecular weight excluding hydrogens is 188 g/mol. The fourth-order valence-corrected chi connectivity index (χ4v) is 2.13. The summed E-state index contributed by atoms with van der Waals surface area (Å²) in [6.07, 6.45) is 6.45. The zero-order valence-corrected chi connectivity index (χ0v) is 8.87. The molecule has 0 saturated heterocycles. The fraction of sp³-hybridized carbons (Fsp3) is 0.500. The molecule has 3 heteroatoms. The lowest BCUT2D eigenvalue weighted by Gasteiger charge is -2.24. The number of hydrogen-bond acceptors (Lipinski definition) is 3. The number of nitrogens with one attached hydrogen (secondary N) is 1. The Balaban J connectivity index is 2.00. The molecule has 0 radical (unpaired) electrons. The largest absolute Gasteiger partial charge is 0.506 e. The molecule has 82 valence electrons. The highest BCUT2D eigenvalue weighted by molar-refractivity contribution is 5.61. The molecule has 1 fully saturated rings. The third kappa shape index (κ3) is 2.55. The van der Waals surface area contributed by atoms with Crippen LogP contribution in [0.4, 0.5) is 11.4 Å². The first-order chi connectivity index (χ1) is 7.25. The van der Waals surface area contributed by atoms with E-state index in [1.807, 2.05) is 6.07 Å². The van der Waals surface area contributed by atoms with Crippen LogP contribution in [-0.2, 0) is 0 Å². The van der Waals surface area contributed by atoms with E-state index in [9.17, 15) is 5.11 Å². The van der Waals surface area contributed by atoms with E-state index < -0.39 is 0 Å². The second kappa shape index (κ2) is 4.43. The first-order valence-electron chi connectivity index (χ1n) is 5.61. The van der Waals surface area contributed by atoms with Gasteiger partial charge in [-0.1, -0.05) is 19.3 Å². The van der Waals surface area contributed by atoms with Gasteiger partial charge in [0.25, 0.3) is 0 Å². The molecule has 1 aromatic carbocycles. The Morgan fingerprint density at radius 2 is 1.93 bits per heavy atom. The molecule has 1 aliphatic carbocycles. The van der Waals surface area contributed by atoms with Crippen molar-refractivity contribution >= 4 is 11.4 Å². The average Bonchev–Trinajstić information content (AvgIpc) is 2.25. The quantitative estimate of drug-likeness (QED) is 0.396. The summed E-state index contributed by atoms with van der Waals surface area (Å²) in [6, 6.07) is 5.88. The number of phenolic OH excluding ortho intramolecular Hbond substituents is 1. The second-order valence-corrected chi connectivity index (χ2v) is 4.25. The highest BCUT2D eigenvalue weighted by atomic mass is 16.3. The highest BCUT2D eigenvalue weighted by Crippen LogP contribution is 2.26. The van der Waals surface area contributed by atoms with Crippen LogP contribution < -0.4 is 11.1 Å². The average molecular weight is 206 g/mol. The van der Waals surface area contributed by atoms with Crippen LogP contribution in [0.3, 0.4) is 0 Å². The second-order valence-electron chi connectivity index (χ2n) is 4.25. The zero-order valence-electron chi connectivity index (χ0n) is 8.87. The molecule has 0 bridgehead atoms. The van der Waals surface area contributed by atoms with Crippen molar-refractivity contribution in [2.75, 3.05) is 11.1 Å². The van der Waals surface area contributed by atoms with Gasteiger partial charge in [0.2, 0.25) is 0 Å². The first-order valence-corrected chi connectivity index (χ1v) is 5.61. The van der Waals surface area contributed by atoms with Crippen molar-refractivity contribution in [2.24, 2.45) is 0 Å². The van der Waals surface area contributed by atoms with Crippen LogP contribution in [0.25, 0.3) is 0 Å². The summed E-state index contributed by atoms with van der Waals surface area (Å²) >= 11 is 0. The molecule has 15 heavy (non-hydrogen) atoms. The van der Waals surface area contributed by atoms with Crippen molar-refractivity contribution in [2.45, 2.75) is 38.1 Å². The minimum Gasteiger partial charge on any atom is -0.506 e. The van der Waals surface area contributed by atoms with E-state index in [-0.39, 0.29) is 5.75 Å². The van der Waals surface area contributed by atoms with Gasteiger partial charge < -0.3 is 16.2 Å². The Morgan fingerprint density at radius 3 is 2.60 bits per heavy atom. The number of anilines is 2. The van der Waals surface area contributed by atoms with Crippen molar-refractivity contribution in [3.63, 3.8) is 0 Å². The normalized spacial score (nSPS) is 17.6. The summed E-state index contributed by atoms with van der Waals surface area (Å²) in [6.45, 7) is 0. The Labute approximate surface area is 90.3 Å². The van der Waals surface area contributed by atoms with Crippen molar-refractivity contribution in [3.05, 3.63) is 18.2 Å². The van der Waals surface area contributed by atoms with Gasteiger partial charge in [-0.05, 0) is 31.0 Å². The van der Waals surface area contributed by atoms with Crippen molar-refractivity contribution in [3.8, 4) is 5.75 Å². The SMILES string of the molecule is Nc1cc(NC2CCCCC2)ccc1O. The van der Waals surface area contributed by atoms with E-state index in [4.69, 9.17) is 5.73 Å². The van der Waals surface area contributed by atoms with E-state index in [0.717, 1.165) is 5.69 Å². The molecule has 0 unspecified atom stereocenters. The molecule has 0 amide bonds. The van der Waals surface area contributed by atoms with Gasteiger partial charge in [-0.2, -0.15) is 0 Å². The highest BCUT2D eigenvalue weighted by Gasteiger charge is 2.12. The van der Waals surface area contributed by atoms with Crippen molar-refractivity contribution in [1.82, 2.24) is 0 Å². The van der Waals surface area contributed by atoms with Gasteiger partial charge in [0, 0.05) is 11.7 Å². The topological polar surface area (TPSA) is 58.3 Å². The minimum absolute atomic E-state index is 0.157. The van der Waals surface area contributed by atoms with Gasteiger partial charge in [-0.15, -0.1) is 0 Å². The third-order valence-electron chi connectivity index (χ3n) is 3.00. The molecular formula is C12H18N2O. The van der Waals surface area contributed by atoms with Crippen LogP contribution in [0.1, 0.15) is 32.1 Å². The van der Waals surface area contributed by atoms with E-state index in [0.29, 0.717) is 11.7 Å². The molecule has 0 aromatic heterocycles. The van der Waals surface area contributed by atoms with Gasteiger partial charge >= 0.3 is 0 Å². The van der Waals surface area contributed by atoms with Crippen LogP contribution in [0.2, 0.25) is 0 Å². The predicted octanol–water partition coefficient (Wildman–Crippen LogP) is 2.72. The Kier molecular flexibility index (Phi) is 2.99. The molecule has 1 aliphatic rings. The number of hydrogen-bond donors (Lipinski definition) is 3. The summed E-state index contributed by atoms with van der Waals surface area (Å²) in [4.78, 5) is 0. The number of aromatic hydroxyl groups is 1. The molecule has 1 aromatic rings. The summed E-state index contributed by atoms with van der Waals surface area (Å²) in [5.74, 6) is 0.157. The molecule has 0 aliphatic heterocycles. The number of rotatable bonds is 2. The van der Waals surface area contributed by atoms with E-state index in [1.165, 1.54) is 32.1 Å². The minimum atomic E-state index is 0.157. The maximum absolute atomic E-state index is 9.30. The van der Waals surface area contributed by atoms with Gasteiger partial charge in [-0.25, -0.2) is 0 Å². The van der Waals surface area contributed by atoms with Crippen LogP contribution in [-0.4, -0.2) is 11.1 Å². The smallest absolute Gasteiger partial charge is 0.138 e. The Hall–Kier alpha value is -1.38. The van der Waals surface area contributed by atoms with Gasteiger partial charge in [-0.3, -0.25) is 0 Å². The van der Waals surface area contributed by atoms with Crippen LogP contribution in [0, 0.1) is 0 Å². The number of phenols is 1. The molecule has 1 saturated carbocycles. The van der Waals surface area contributed by atoms with Crippen molar-refractivity contribution < 1.29 is 5.11 Å². The van der Waals surface area contributed by atoms with Crippen LogP contribution in [0.15, 0.2) is 18.2 Å². The number of benzene rings is 1. The van der Waals surface area contributed by atoms with Gasteiger partial charge in [0.1, 0.15) is 5.75 Å². The van der Waals surface area contributed by atoms with E-state index in [2.05, 4.69) is 5.32 Å². The van der Waals surface area contributed by atoms with E-state index in [1.54, 1.807) is 12.1 Å². The third-order valence-corrected chi connectivity index (χ3v) is 3.00. The molecule has 0 atom stereocenters. The lowest BCUT2D eigenvalue weighted by Crippen LogP contribution is -2.22. The first kappa shape index (κ1) is 10.1. The molecule has 0 spiro atoms. The number of nitrogens with two attached hydrogens (primary N) is 1. The molecule has 4 N–H and O–H groups in total. The zero-order chi connectivity index (χ0) is 10.7. The summed E-state index contributed by atoms with van der Waals surface area (Å²) < 4.78 is 0. The Morgan fingerprint density at radius 1 is 1.20 bits per heavy atom. The molecule has 3 nitrogen and oxygen atoms in total. The Bertz CT molecular complexity index is 332. The monoisotopic (exact) mass is 206 g/mol. The van der Waals surface area contributed by atoms with Crippen LogP contribution >= 0.6 is 0 Å². The predicted molar refractivity (Wildman–Crippen MR) is 63.0 cm³/mol. The summed E-state index contributed by atoms with van der Waals surface area (Å²) in [7, 11) is 0. The van der Waals surface area contributed by atoms with Gasteiger partial charge in [0.05, 0.1) is 5.69 Å². The number of nitrogen functional groups attached to an aromatic ring is 1. The lowest BCUT2D eigenvalue weighted by molar-refractivity contribution is 0.462. The van der Waals surface area contributed by atoms with Crippen molar-refractivity contribution in [1.29, 1.82) is 0 Å². The summed E-state index contributed by atoms with van der Waals surface area (Å²) in [5.41, 5.74) is 7.09. The maximum Gasteiger partial charge on any atom is 0.138 e. The van der Waals surface area contributed by atoms with Gasteiger partial charge in [0.15, 0.2) is 0 Å². The standard InChI is InChI=1S/C12H18N2O/c13-11-8-10(6-7-12(11)15)14-9-4-2-1-3-5-9/h6-9,14-15H,1-5,13H2. The van der Waals surface area contributed by atoms with Crippen LogP contribution in [0.5, 0.6) is 5.75 Å². The maximum atomic E-state index is 9.30. The lowest BCUT2D eigenvalue weighted by atomic mass is 9.95.